The van der Waals surface area contributed by atoms with Crippen molar-refractivity contribution in [3.63, 3.8) is 0 Å². The zero-order valence-electron chi connectivity index (χ0n) is 15.9. The van der Waals surface area contributed by atoms with Gasteiger partial charge in [0.2, 0.25) is 5.91 Å². The minimum absolute atomic E-state index is 0.0362. The molecular weight excluding hydrogens is 340 g/mol. The van der Waals surface area contributed by atoms with Crippen molar-refractivity contribution >= 4 is 17.5 Å². The molecule has 2 aromatic carbocycles. The number of benzene rings is 2. The Balaban J connectivity index is 1.58. The number of likely N-dealkylation sites (tertiary alicyclic amines) is 1. The summed E-state index contributed by atoms with van der Waals surface area (Å²) in [6.45, 7) is 4.84. The summed E-state index contributed by atoms with van der Waals surface area (Å²) >= 11 is 0. The third-order valence-electron chi connectivity index (χ3n) is 4.80. The summed E-state index contributed by atoms with van der Waals surface area (Å²) in [5, 5.41) is 2.94. The molecule has 2 amide bonds. The summed E-state index contributed by atoms with van der Waals surface area (Å²) in [6.07, 6.45) is 1.02. The molecule has 3 rings (SSSR count). The highest BCUT2D eigenvalue weighted by atomic mass is 16.5. The van der Waals surface area contributed by atoms with Crippen molar-refractivity contribution in [3.8, 4) is 5.75 Å². The monoisotopic (exact) mass is 366 g/mol. The number of piperidine rings is 1. The zero-order chi connectivity index (χ0) is 19.2. The predicted molar refractivity (Wildman–Crippen MR) is 106 cm³/mol. The molecule has 0 bridgehead atoms. The van der Waals surface area contributed by atoms with Gasteiger partial charge in [-0.25, -0.2) is 0 Å². The SMILES string of the molecule is Cc1cccc(OC(C)C(=O)N2CCCC(C(=O)Nc3ccccc3)C2)c1. The van der Waals surface area contributed by atoms with Crippen molar-refractivity contribution in [2.45, 2.75) is 32.8 Å². The zero-order valence-corrected chi connectivity index (χ0v) is 15.9. The molecule has 1 heterocycles. The molecule has 1 aliphatic rings. The lowest BCUT2D eigenvalue weighted by atomic mass is 9.96. The summed E-state index contributed by atoms with van der Waals surface area (Å²) < 4.78 is 5.81. The van der Waals surface area contributed by atoms with Gasteiger partial charge in [-0.1, -0.05) is 30.3 Å². The fourth-order valence-electron chi connectivity index (χ4n) is 3.36. The number of carbonyl (C=O) groups is 2. The predicted octanol–water partition coefficient (Wildman–Crippen LogP) is 3.64. The van der Waals surface area contributed by atoms with E-state index >= 15 is 0 Å². The Morgan fingerprint density at radius 1 is 1.15 bits per heavy atom. The Bertz CT molecular complexity index is 791. The Morgan fingerprint density at radius 2 is 1.93 bits per heavy atom. The van der Waals surface area contributed by atoms with E-state index in [-0.39, 0.29) is 17.7 Å². The topological polar surface area (TPSA) is 58.6 Å². The van der Waals surface area contributed by atoms with E-state index in [4.69, 9.17) is 4.74 Å². The second-order valence-electron chi connectivity index (χ2n) is 7.06. The molecule has 0 spiro atoms. The van der Waals surface area contributed by atoms with E-state index in [2.05, 4.69) is 5.32 Å². The van der Waals surface area contributed by atoms with Crippen LogP contribution >= 0.6 is 0 Å². The van der Waals surface area contributed by atoms with Crippen LogP contribution in [-0.2, 0) is 9.59 Å². The van der Waals surface area contributed by atoms with E-state index in [0.717, 1.165) is 24.1 Å². The van der Waals surface area contributed by atoms with Gasteiger partial charge in [0.15, 0.2) is 6.10 Å². The lowest BCUT2D eigenvalue weighted by Gasteiger charge is -2.33. The van der Waals surface area contributed by atoms with E-state index in [9.17, 15) is 9.59 Å². The number of carbonyl (C=O) groups excluding carboxylic acids is 2. The third kappa shape index (κ3) is 5.09. The number of ether oxygens (including phenoxy) is 1. The van der Waals surface area contributed by atoms with E-state index < -0.39 is 6.10 Å². The van der Waals surface area contributed by atoms with Crippen molar-refractivity contribution < 1.29 is 14.3 Å². The molecule has 0 saturated carbocycles. The maximum atomic E-state index is 12.8. The van der Waals surface area contributed by atoms with Crippen LogP contribution in [0, 0.1) is 12.8 Å². The highest BCUT2D eigenvalue weighted by molar-refractivity contribution is 5.93. The first kappa shape index (κ1) is 19.0. The average Bonchev–Trinajstić information content (AvgIpc) is 2.68. The maximum Gasteiger partial charge on any atom is 0.263 e. The van der Waals surface area contributed by atoms with Gasteiger partial charge in [0.05, 0.1) is 5.92 Å². The minimum Gasteiger partial charge on any atom is -0.481 e. The van der Waals surface area contributed by atoms with E-state index in [1.165, 1.54) is 0 Å². The van der Waals surface area contributed by atoms with Crippen LogP contribution in [0.4, 0.5) is 5.69 Å². The van der Waals surface area contributed by atoms with E-state index in [1.54, 1.807) is 11.8 Å². The number of anilines is 1. The summed E-state index contributed by atoms with van der Waals surface area (Å²) in [5.74, 6) is 0.375. The number of nitrogens with zero attached hydrogens (tertiary/aromatic N) is 1. The second-order valence-corrected chi connectivity index (χ2v) is 7.06. The van der Waals surface area contributed by atoms with Crippen LogP contribution in [0.1, 0.15) is 25.3 Å². The summed E-state index contributed by atoms with van der Waals surface area (Å²) in [5.41, 5.74) is 1.87. The van der Waals surface area contributed by atoms with Gasteiger partial charge in [-0.2, -0.15) is 0 Å². The highest BCUT2D eigenvalue weighted by Gasteiger charge is 2.31. The second kappa shape index (κ2) is 8.71. The highest BCUT2D eigenvalue weighted by Crippen LogP contribution is 2.21. The summed E-state index contributed by atoms with van der Waals surface area (Å²) in [4.78, 5) is 27.1. The molecule has 1 fully saturated rings. The molecule has 5 heteroatoms. The Morgan fingerprint density at radius 3 is 2.67 bits per heavy atom. The van der Waals surface area contributed by atoms with Crippen molar-refractivity contribution in [1.29, 1.82) is 0 Å². The van der Waals surface area contributed by atoms with Gasteiger partial charge < -0.3 is 15.0 Å². The molecule has 1 N–H and O–H groups in total. The number of hydrogen-bond acceptors (Lipinski definition) is 3. The molecule has 2 aromatic rings. The summed E-state index contributed by atoms with van der Waals surface area (Å²) in [6, 6.07) is 17.1. The Labute approximate surface area is 160 Å². The van der Waals surface area contributed by atoms with E-state index in [1.807, 2.05) is 61.5 Å². The first-order chi connectivity index (χ1) is 13.0. The number of hydrogen-bond donors (Lipinski definition) is 1. The normalized spacial score (nSPS) is 17.9. The standard InChI is InChI=1S/C22H26N2O3/c1-16-8-6-12-20(14-16)27-17(2)22(26)24-13-7-9-18(15-24)21(25)23-19-10-4-3-5-11-19/h3-6,8,10-12,14,17-18H,7,9,13,15H2,1-2H3,(H,23,25). The molecular formula is C22H26N2O3. The van der Waals surface area contributed by atoms with Gasteiger partial charge in [-0.05, 0) is 56.5 Å². The van der Waals surface area contributed by atoms with Gasteiger partial charge in [0, 0.05) is 18.8 Å². The van der Waals surface area contributed by atoms with Gasteiger partial charge in [0.25, 0.3) is 5.91 Å². The van der Waals surface area contributed by atoms with Crippen molar-refractivity contribution in [2.75, 3.05) is 18.4 Å². The molecule has 1 saturated heterocycles. The molecule has 142 valence electrons. The van der Waals surface area contributed by atoms with Crippen LogP contribution in [0.15, 0.2) is 54.6 Å². The molecule has 2 unspecified atom stereocenters. The van der Waals surface area contributed by atoms with Crippen molar-refractivity contribution in [2.24, 2.45) is 5.92 Å². The molecule has 0 radical (unpaired) electrons. The molecule has 0 aliphatic carbocycles. The van der Waals surface area contributed by atoms with Crippen LogP contribution < -0.4 is 10.1 Å². The average molecular weight is 366 g/mol. The number of amides is 2. The number of aryl methyl sites for hydroxylation is 1. The van der Waals surface area contributed by atoms with Crippen LogP contribution in [0.5, 0.6) is 5.75 Å². The number of para-hydroxylation sites is 1. The van der Waals surface area contributed by atoms with Gasteiger partial charge in [0.1, 0.15) is 5.75 Å². The van der Waals surface area contributed by atoms with Gasteiger partial charge in [-0.3, -0.25) is 9.59 Å². The fourth-order valence-corrected chi connectivity index (χ4v) is 3.36. The van der Waals surface area contributed by atoms with Crippen molar-refractivity contribution in [3.05, 3.63) is 60.2 Å². The first-order valence-electron chi connectivity index (χ1n) is 9.41. The first-order valence-corrected chi connectivity index (χ1v) is 9.41. The molecule has 1 aliphatic heterocycles. The quantitative estimate of drug-likeness (QED) is 0.879. The minimum atomic E-state index is -0.581. The lowest BCUT2D eigenvalue weighted by molar-refractivity contribution is -0.140. The summed E-state index contributed by atoms with van der Waals surface area (Å²) in [7, 11) is 0. The van der Waals surface area contributed by atoms with Crippen LogP contribution in [0.2, 0.25) is 0 Å². The Kier molecular flexibility index (Phi) is 6.12. The number of nitrogens with one attached hydrogen (secondary N) is 1. The molecule has 0 aromatic heterocycles. The number of rotatable bonds is 5. The Hall–Kier alpha value is -2.82. The molecule has 2 atom stereocenters. The van der Waals surface area contributed by atoms with Crippen molar-refractivity contribution in [1.82, 2.24) is 4.90 Å². The van der Waals surface area contributed by atoms with E-state index in [0.29, 0.717) is 18.8 Å². The molecule has 5 nitrogen and oxygen atoms in total. The van der Waals surface area contributed by atoms with Gasteiger partial charge in [-0.15, -0.1) is 0 Å². The largest absolute Gasteiger partial charge is 0.481 e. The smallest absolute Gasteiger partial charge is 0.263 e. The fraction of sp³-hybridized carbons (Fsp3) is 0.364. The molecule has 27 heavy (non-hydrogen) atoms. The van der Waals surface area contributed by atoms with Crippen LogP contribution in [0.25, 0.3) is 0 Å². The lowest BCUT2D eigenvalue weighted by Crippen LogP contribution is -2.48. The van der Waals surface area contributed by atoms with Gasteiger partial charge >= 0.3 is 0 Å². The third-order valence-corrected chi connectivity index (χ3v) is 4.80. The maximum absolute atomic E-state index is 12.8. The van der Waals surface area contributed by atoms with Crippen LogP contribution in [0.3, 0.4) is 0 Å². The van der Waals surface area contributed by atoms with Crippen LogP contribution in [-0.4, -0.2) is 35.9 Å².